The van der Waals surface area contributed by atoms with Gasteiger partial charge in [0.05, 0.1) is 24.8 Å². The first-order valence-corrected chi connectivity index (χ1v) is 9.62. The maximum absolute atomic E-state index is 12.6. The largest absolute Gasteiger partial charge is 0.483 e. The van der Waals surface area contributed by atoms with E-state index in [-0.39, 0.29) is 23.8 Å². The highest BCUT2D eigenvalue weighted by Crippen LogP contribution is 2.36. The lowest BCUT2D eigenvalue weighted by Crippen LogP contribution is -2.43. The van der Waals surface area contributed by atoms with E-state index in [4.69, 9.17) is 37.4 Å². The van der Waals surface area contributed by atoms with E-state index in [0.29, 0.717) is 40.2 Å². The number of rotatable bonds is 5. The molecule has 2 aromatic rings. The van der Waals surface area contributed by atoms with Crippen molar-refractivity contribution < 1.29 is 28.6 Å². The fraction of sp³-hybridized carbons (Fsp3) is 0.350. The number of methoxy groups -OCH3 is 2. The van der Waals surface area contributed by atoms with Crippen LogP contribution in [0.4, 0.5) is 0 Å². The van der Waals surface area contributed by atoms with Crippen molar-refractivity contribution in [1.29, 1.82) is 0 Å². The fourth-order valence-electron chi connectivity index (χ4n) is 3.41. The maximum Gasteiger partial charge on any atom is 0.338 e. The fourth-order valence-corrected chi connectivity index (χ4v) is 4.01. The zero-order chi connectivity index (χ0) is 21.1. The van der Waals surface area contributed by atoms with Crippen LogP contribution in [0.15, 0.2) is 24.3 Å². The number of fused-ring (bicyclic) bond motifs is 1. The van der Waals surface area contributed by atoms with E-state index in [0.717, 1.165) is 0 Å². The van der Waals surface area contributed by atoms with Gasteiger partial charge < -0.3 is 19.1 Å². The Morgan fingerprint density at radius 3 is 2.55 bits per heavy atom. The van der Waals surface area contributed by atoms with Crippen LogP contribution in [0.1, 0.15) is 23.2 Å². The van der Waals surface area contributed by atoms with Gasteiger partial charge in [-0.2, -0.15) is 0 Å². The van der Waals surface area contributed by atoms with Gasteiger partial charge in [-0.25, -0.2) is 9.59 Å². The second kappa shape index (κ2) is 8.88. The Morgan fingerprint density at radius 1 is 1.10 bits per heavy atom. The van der Waals surface area contributed by atoms with Crippen molar-refractivity contribution in [1.82, 2.24) is 4.90 Å². The zero-order valence-electron chi connectivity index (χ0n) is 15.9. The van der Waals surface area contributed by atoms with Crippen molar-refractivity contribution >= 4 is 51.8 Å². The number of amides is 1. The SMILES string of the molecule is COC(=O)c1cc(OCC(=O)N2CCCC2C(=O)OC)c2c(Cl)cc(Cl)cc2c1. The molecule has 9 heteroatoms. The second-order valence-corrected chi connectivity index (χ2v) is 7.35. The predicted molar refractivity (Wildman–Crippen MR) is 108 cm³/mol. The highest BCUT2D eigenvalue weighted by molar-refractivity contribution is 6.39. The van der Waals surface area contributed by atoms with Crippen LogP contribution in [0.2, 0.25) is 10.0 Å². The molecule has 0 aromatic heterocycles. The van der Waals surface area contributed by atoms with Crippen LogP contribution in [0.25, 0.3) is 10.8 Å². The minimum Gasteiger partial charge on any atom is -0.483 e. The van der Waals surface area contributed by atoms with Gasteiger partial charge in [0, 0.05) is 17.0 Å². The number of ether oxygens (including phenoxy) is 3. The third kappa shape index (κ3) is 4.41. The van der Waals surface area contributed by atoms with Crippen LogP contribution >= 0.6 is 23.2 Å². The van der Waals surface area contributed by atoms with E-state index in [1.807, 2.05) is 0 Å². The molecule has 1 aliphatic rings. The summed E-state index contributed by atoms with van der Waals surface area (Å²) in [6.07, 6.45) is 1.25. The molecular weight excluding hydrogens is 421 g/mol. The lowest BCUT2D eigenvalue weighted by atomic mass is 10.1. The van der Waals surface area contributed by atoms with Gasteiger partial charge in [0.15, 0.2) is 6.61 Å². The number of benzene rings is 2. The van der Waals surface area contributed by atoms with Crippen molar-refractivity contribution in [3.63, 3.8) is 0 Å². The van der Waals surface area contributed by atoms with Gasteiger partial charge >= 0.3 is 11.9 Å². The van der Waals surface area contributed by atoms with Crippen LogP contribution in [-0.4, -0.2) is 56.2 Å². The van der Waals surface area contributed by atoms with E-state index >= 15 is 0 Å². The predicted octanol–water partition coefficient (Wildman–Crippen LogP) is 3.48. The summed E-state index contributed by atoms with van der Waals surface area (Å²) in [5.41, 5.74) is 0.231. The molecule has 0 bridgehead atoms. The topological polar surface area (TPSA) is 82.1 Å². The van der Waals surface area contributed by atoms with Crippen molar-refractivity contribution in [3.05, 3.63) is 39.9 Å². The molecule has 1 aliphatic heterocycles. The Bertz CT molecular complexity index is 977. The standard InChI is InChI=1S/C20H19Cl2NO6/c1-27-19(25)12-6-11-7-13(21)9-14(22)18(11)16(8-12)29-10-17(24)23-5-3-4-15(23)20(26)28-2/h6-9,15H,3-5,10H2,1-2H3. The van der Waals surface area contributed by atoms with Gasteiger partial charge in [-0.3, -0.25) is 4.79 Å². The normalized spacial score (nSPS) is 16.0. The minimum atomic E-state index is -0.614. The van der Waals surface area contributed by atoms with E-state index in [1.54, 1.807) is 18.2 Å². The number of esters is 2. The Labute approximate surface area is 177 Å². The summed E-state index contributed by atoms with van der Waals surface area (Å²) in [5.74, 6) is -1.14. The van der Waals surface area contributed by atoms with Gasteiger partial charge in [0.25, 0.3) is 5.91 Å². The summed E-state index contributed by atoms with van der Waals surface area (Å²) in [6.45, 7) is 0.118. The zero-order valence-corrected chi connectivity index (χ0v) is 17.4. The Kier molecular flexibility index (Phi) is 6.49. The summed E-state index contributed by atoms with van der Waals surface area (Å²) in [6, 6.07) is 5.62. The number of carbonyl (C=O) groups is 3. The lowest BCUT2D eigenvalue weighted by molar-refractivity contribution is -0.151. The molecule has 0 saturated carbocycles. The molecule has 1 unspecified atom stereocenters. The number of hydrogen-bond acceptors (Lipinski definition) is 6. The molecule has 1 atom stereocenters. The van der Waals surface area contributed by atoms with Gasteiger partial charge in [0.2, 0.25) is 0 Å². The van der Waals surface area contributed by atoms with E-state index < -0.39 is 18.0 Å². The van der Waals surface area contributed by atoms with Gasteiger partial charge in [-0.15, -0.1) is 0 Å². The summed E-state index contributed by atoms with van der Waals surface area (Å²) >= 11 is 12.4. The summed E-state index contributed by atoms with van der Waals surface area (Å²) < 4.78 is 15.3. The molecular formula is C20H19Cl2NO6. The minimum absolute atomic E-state index is 0.231. The average molecular weight is 440 g/mol. The smallest absolute Gasteiger partial charge is 0.338 e. The molecule has 0 radical (unpaired) electrons. The highest BCUT2D eigenvalue weighted by Gasteiger charge is 2.35. The summed E-state index contributed by atoms with van der Waals surface area (Å²) in [5, 5.41) is 1.80. The quantitative estimate of drug-likeness (QED) is 0.663. The molecule has 29 heavy (non-hydrogen) atoms. The molecule has 2 aromatic carbocycles. The van der Waals surface area contributed by atoms with Crippen molar-refractivity contribution in [3.8, 4) is 5.75 Å². The van der Waals surface area contributed by atoms with Gasteiger partial charge in [-0.05, 0) is 42.5 Å². The number of hydrogen-bond donors (Lipinski definition) is 0. The van der Waals surface area contributed by atoms with Crippen LogP contribution in [0.3, 0.4) is 0 Å². The van der Waals surface area contributed by atoms with Gasteiger partial charge in [-0.1, -0.05) is 23.2 Å². The van der Waals surface area contributed by atoms with Crippen molar-refractivity contribution in [2.75, 3.05) is 27.4 Å². The molecule has 1 fully saturated rings. The maximum atomic E-state index is 12.6. The Balaban J connectivity index is 1.90. The third-order valence-corrected chi connectivity index (χ3v) is 5.26. The number of nitrogens with zero attached hydrogens (tertiary/aromatic N) is 1. The first-order valence-electron chi connectivity index (χ1n) is 8.87. The van der Waals surface area contributed by atoms with E-state index in [1.165, 1.54) is 25.2 Å². The summed E-state index contributed by atoms with van der Waals surface area (Å²) in [4.78, 5) is 38.0. The molecule has 0 N–H and O–H groups in total. The van der Waals surface area contributed by atoms with Crippen molar-refractivity contribution in [2.24, 2.45) is 0 Å². The third-order valence-electron chi connectivity index (χ3n) is 4.75. The molecule has 1 saturated heterocycles. The summed E-state index contributed by atoms with van der Waals surface area (Å²) in [7, 11) is 2.55. The van der Waals surface area contributed by atoms with Gasteiger partial charge in [0.1, 0.15) is 11.8 Å². The van der Waals surface area contributed by atoms with Crippen LogP contribution in [0, 0.1) is 0 Å². The van der Waals surface area contributed by atoms with E-state index in [9.17, 15) is 14.4 Å². The van der Waals surface area contributed by atoms with Crippen LogP contribution in [0.5, 0.6) is 5.75 Å². The molecule has 3 rings (SSSR count). The first kappa shape index (κ1) is 21.2. The van der Waals surface area contributed by atoms with Crippen LogP contribution < -0.4 is 4.74 Å². The Hall–Kier alpha value is -2.51. The van der Waals surface area contributed by atoms with E-state index in [2.05, 4.69) is 0 Å². The highest BCUT2D eigenvalue weighted by atomic mass is 35.5. The molecule has 1 heterocycles. The number of likely N-dealkylation sites (tertiary alicyclic amines) is 1. The number of carbonyl (C=O) groups excluding carboxylic acids is 3. The average Bonchev–Trinajstić information content (AvgIpc) is 3.19. The Morgan fingerprint density at radius 2 is 1.86 bits per heavy atom. The van der Waals surface area contributed by atoms with Crippen molar-refractivity contribution in [2.45, 2.75) is 18.9 Å². The lowest BCUT2D eigenvalue weighted by Gasteiger charge is -2.23. The van der Waals surface area contributed by atoms with Crippen LogP contribution in [-0.2, 0) is 19.1 Å². The molecule has 0 spiro atoms. The molecule has 154 valence electrons. The molecule has 1 amide bonds. The molecule has 0 aliphatic carbocycles. The molecule has 7 nitrogen and oxygen atoms in total. The second-order valence-electron chi connectivity index (χ2n) is 6.51. The monoisotopic (exact) mass is 439 g/mol. The first-order chi connectivity index (χ1) is 13.8. The number of halogens is 2.